The standard InChI is InChI=1S/C14H16N4O/c1-10-4-3-5-12(8-10)18(2)14(19)11-6-7-13(17-15)16-9-11/h3-9H,15H2,1-2H3,(H,16,17). The summed E-state index contributed by atoms with van der Waals surface area (Å²) in [5.41, 5.74) is 4.90. The van der Waals surface area contributed by atoms with Crippen LogP contribution in [0.1, 0.15) is 15.9 Å². The van der Waals surface area contributed by atoms with E-state index in [1.54, 1.807) is 24.1 Å². The SMILES string of the molecule is Cc1cccc(N(C)C(=O)c2ccc(NN)nc2)c1. The zero-order chi connectivity index (χ0) is 13.8. The number of rotatable bonds is 3. The van der Waals surface area contributed by atoms with E-state index in [0.717, 1.165) is 11.3 Å². The normalized spacial score (nSPS) is 10.1. The first-order chi connectivity index (χ1) is 9.11. The van der Waals surface area contributed by atoms with E-state index < -0.39 is 0 Å². The fourth-order valence-electron chi connectivity index (χ4n) is 1.75. The van der Waals surface area contributed by atoms with Crippen LogP contribution in [0.4, 0.5) is 11.5 Å². The lowest BCUT2D eigenvalue weighted by Gasteiger charge is -2.17. The number of nitrogens with zero attached hydrogens (tertiary/aromatic N) is 2. The van der Waals surface area contributed by atoms with Gasteiger partial charge in [-0.2, -0.15) is 0 Å². The van der Waals surface area contributed by atoms with Crippen LogP contribution in [-0.4, -0.2) is 17.9 Å². The van der Waals surface area contributed by atoms with Crippen molar-refractivity contribution in [1.82, 2.24) is 4.98 Å². The molecule has 98 valence electrons. The summed E-state index contributed by atoms with van der Waals surface area (Å²) in [5.74, 6) is 5.65. The average molecular weight is 256 g/mol. The van der Waals surface area contributed by atoms with Gasteiger partial charge in [0.05, 0.1) is 5.56 Å². The van der Waals surface area contributed by atoms with E-state index in [4.69, 9.17) is 5.84 Å². The van der Waals surface area contributed by atoms with Gasteiger partial charge in [-0.15, -0.1) is 0 Å². The highest BCUT2D eigenvalue weighted by atomic mass is 16.2. The summed E-state index contributed by atoms with van der Waals surface area (Å²) >= 11 is 0. The van der Waals surface area contributed by atoms with Gasteiger partial charge in [0, 0.05) is 18.9 Å². The van der Waals surface area contributed by atoms with Crippen molar-refractivity contribution < 1.29 is 4.79 Å². The monoisotopic (exact) mass is 256 g/mol. The van der Waals surface area contributed by atoms with E-state index in [2.05, 4.69) is 10.4 Å². The van der Waals surface area contributed by atoms with Crippen LogP contribution >= 0.6 is 0 Å². The highest BCUT2D eigenvalue weighted by molar-refractivity contribution is 6.05. The first-order valence-electron chi connectivity index (χ1n) is 5.89. The van der Waals surface area contributed by atoms with Gasteiger partial charge in [-0.3, -0.25) is 4.79 Å². The zero-order valence-electron chi connectivity index (χ0n) is 10.9. The largest absolute Gasteiger partial charge is 0.311 e. The fourth-order valence-corrected chi connectivity index (χ4v) is 1.75. The predicted molar refractivity (Wildman–Crippen MR) is 76.0 cm³/mol. The number of hydrogen-bond donors (Lipinski definition) is 2. The Morgan fingerprint density at radius 2 is 2.11 bits per heavy atom. The van der Waals surface area contributed by atoms with Gasteiger partial charge in [-0.05, 0) is 36.8 Å². The van der Waals surface area contributed by atoms with Gasteiger partial charge in [0.25, 0.3) is 5.91 Å². The van der Waals surface area contributed by atoms with Crippen molar-refractivity contribution in [2.45, 2.75) is 6.92 Å². The van der Waals surface area contributed by atoms with Crippen LogP contribution in [0.5, 0.6) is 0 Å². The molecule has 0 aliphatic heterocycles. The predicted octanol–water partition coefficient (Wildman–Crippen LogP) is 1.95. The van der Waals surface area contributed by atoms with E-state index in [-0.39, 0.29) is 5.91 Å². The summed E-state index contributed by atoms with van der Waals surface area (Å²) < 4.78 is 0. The van der Waals surface area contributed by atoms with E-state index in [1.807, 2.05) is 31.2 Å². The Kier molecular flexibility index (Phi) is 3.77. The maximum atomic E-state index is 12.3. The van der Waals surface area contributed by atoms with Gasteiger partial charge in [0.2, 0.25) is 0 Å². The summed E-state index contributed by atoms with van der Waals surface area (Å²) in [6.45, 7) is 1.99. The van der Waals surface area contributed by atoms with Crippen molar-refractivity contribution in [2.24, 2.45) is 5.84 Å². The van der Waals surface area contributed by atoms with Crippen LogP contribution in [0, 0.1) is 6.92 Å². The molecule has 1 aromatic heterocycles. The second-order valence-corrected chi connectivity index (χ2v) is 4.28. The smallest absolute Gasteiger partial charge is 0.259 e. The lowest BCUT2D eigenvalue weighted by atomic mass is 10.2. The molecule has 1 amide bonds. The highest BCUT2D eigenvalue weighted by Crippen LogP contribution is 2.17. The van der Waals surface area contributed by atoms with Gasteiger partial charge in [0.1, 0.15) is 5.82 Å². The number of aromatic nitrogens is 1. The van der Waals surface area contributed by atoms with Crippen molar-refractivity contribution in [3.63, 3.8) is 0 Å². The van der Waals surface area contributed by atoms with E-state index in [0.29, 0.717) is 11.4 Å². The summed E-state index contributed by atoms with van der Waals surface area (Å²) in [4.78, 5) is 17.9. The van der Waals surface area contributed by atoms with Gasteiger partial charge in [0.15, 0.2) is 0 Å². The first-order valence-corrected chi connectivity index (χ1v) is 5.89. The number of amides is 1. The Balaban J connectivity index is 2.23. The van der Waals surface area contributed by atoms with Crippen LogP contribution < -0.4 is 16.2 Å². The number of nitrogen functional groups attached to an aromatic ring is 1. The Morgan fingerprint density at radius 3 is 2.68 bits per heavy atom. The van der Waals surface area contributed by atoms with Gasteiger partial charge in [-0.1, -0.05) is 12.1 Å². The van der Waals surface area contributed by atoms with Gasteiger partial charge in [-0.25, -0.2) is 10.8 Å². The molecule has 5 heteroatoms. The van der Waals surface area contributed by atoms with Gasteiger partial charge < -0.3 is 10.3 Å². The lowest BCUT2D eigenvalue weighted by molar-refractivity contribution is 0.0992. The number of carbonyl (C=O) groups excluding carboxylic acids is 1. The number of carbonyl (C=O) groups is 1. The second-order valence-electron chi connectivity index (χ2n) is 4.28. The van der Waals surface area contributed by atoms with Crippen molar-refractivity contribution in [3.8, 4) is 0 Å². The molecule has 2 rings (SSSR count). The topological polar surface area (TPSA) is 71.2 Å². The molecule has 0 fully saturated rings. The molecule has 0 saturated carbocycles. The highest BCUT2D eigenvalue weighted by Gasteiger charge is 2.13. The maximum absolute atomic E-state index is 12.3. The Bertz CT molecular complexity index is 580. The van der Waals surface area contributed by atoms with Crippen LogP contribution in [-0.2, 0) is 0 Å². The number of hydrogen-bond acceptors (Lipinski definition) is 4. The van der Waals surface area contributed by atoms with Crippen molar-refractivity contribution in [2.75, 3.05) is 17.4 Å². The number of anilines is 2. The molecule has 0 aliphatic rings. The molecule has 0 unspecified atom stereocenters. The zero-order valence-corrected chi connectivity index (χ0v) is 10.9. The number of nitrogens with two attached hydrogens (primary N) is 1. The number of hydrazine groups is 1. The molecule has 1 heterocycles. The third-order valence-electron chi connectivity index (χ3n) is 2.85. The average Bonchev–Trinajstić information content (AvgIpc) is 2.46. The molecule has 0 radical (unpaired) electrons. The Hall–Kier alpha value is -2.40. The van der Waals surface area contributed by atoms with Crippen LogP contribution in [0.2, 0.25) is 0 Å². The molecule has 0 saturated heterocycles. The Morgan fingerprint density at radius 1 is 1.32 bits per heavy atom. The second kappa shape index (κ2) is 5.49. The fraction of sp³-hybridized carbons (Fsp3) is 0.143. The molecule has 19 heavy (non-hydrogen) atoms. The molecule has 0 spiro atoms. The van der Waals surface area contributed by atoms with Crippen molar-refractivity contribution in [3.05, 3.63) is 53.7 Å². The summed E-state index contributed by atoms with van der Waals surface area (Å²) in [5, 5.41) is 0. The molecular weight excluding hydrogens is 240 g/mol. The molecule has 1 aromatic carbocycles. The van der Waals surface area contributed by atoms with Crippen LogP contribution in [0.25, 0.3) is 0 Å². The number of benzene rings is 1. The van der Waals surface area contributed by atoms with E-state index in [1.165, 1.54) is 6.20 Å². The minimum absolute atomic E-state index is 0.110. The lowest BCUT2D eigenvalue weighted by Crippen LogP contribution is -2.26. The van der Waals surface area contributed by atoms with E-state index >= 15 is 0 Å². The number of pyridine rings is 1. The minimum atomic E-state index is -0.110. The molecule has 0 bridgehead atoms. The molecule has 0 atom stereocenters. The van der Waals surface area contributed by atoms with Crippen LogP contribution in [0.15, 0.2) is 42.6 Å². The molecule has 3 N–H and O–H groups in total. The molecule has 2 aromatic rings. The molecule has 0 aliphatic carbocycles. The summed E-state index contributed by atoms with van der Waals surface area (Å²) in [6.07, 6.45) is 1.50. The van der Waals surface area contributed by atoms with Crippen LogP contribution in [0.3, 0.4) is 0 Å². The summed E-state index contributed by atoms with van der Waals surface area (Å²) in [7, 11) is 1.74. The first kappa shape index (κ1) is 13.0. The molecule has 5 nitrogen and oxygen atoms in total. The third-order valence-corrected chi connectivity index (χ3v) is 2.85. The summed E-state index contributed by atoms with van der Waals surface area (Å²) in [6, 6.07) is 11.1. The molecular formula is C14H16N4O. The number of aryl methyl sites for hydroxylation is 1. The quantitative estimate of drug-likeness (QED) is 0.650. The third kappa shape index (κ3) is 2.89. The number of nitrogens with one attached hydrogen (secondary N) is 1. The minimum Gasteiger partial charge on any atom is -0.311 e. The van der Waals surface area contributed by atoms with E-state index in [9.17, 15) is 4.79 Å². The van der Waals surface area contributed by atoms with Gasteiger partial charge >= 0.3 is 0 Å². The van der Waals surface area contributed by atoms with Crippen molar-refractivity contribution >= 4 is 17.4 Å². The Labute approximate surface area is 112 Å². The van der Waals surface area contributed by atoms with Crippen molar-refractivity contribution in [1.29, 1.82) is 0 Å². The maximum Gasteiger partial charge on any atom is 0.259 e.